The summed E-state index contributed by atoms with van der Waals surface area (Å²) in [4.78, 5) is 38.8. The van der Waals surface area contributed by atoms with Gasteiger partial charge in [0.2, 0.25) is 17.7 Å². The van der Waals surface area contributed by atoms with Gasteiger partial charge in [0.1, 0.15) is 0 Å². The van der Waals surface area contributed by atoms with Gasteiger partial charge in [0, 0.05) is 36.7 Å². The van der Waals surface area contributed by atoms with Gasteiger partial charge >= 0.3 is 0 Å². The Morgan fingerprint density at radius 3 is 2.67 bits per heavy atom. The number of fused-ring (bicyclic) bond motifs is 1. The van der Waals surface area contributed by atoms with E-state index in [1.165, 1.54) is 0 Å². The molecule has 0 unspecified atom stereocenters. The standard InChI is InChI=1S/C23H26N4O3/c24-22(29)16-7-9-20(27-11-3-4-12-27)19(14-16)25-21(28)10-8-17-13-15-5-1-2-6-18(15)26-23(17)30/h1-2,5-7,9,14,17H,3-4,8,10-13H2,(H2,24,29)(H,25,28)(H,26,30)/t17-/m0/s1. The molecule has 0 radical (unpaired) electrons. The number of carbonyl (C=O) groups is 3. The van der Waals surface area contributed by atoms with Crippen molar-refractivity contribution in [2.75, 3.05) is 28.6 Å². The second-order valence-corrected chi connectivity index (χ2v) is 7.92. The zero-order valence-corrected chi connectivity index (χ0v) is 16.8. The molecule has 1 saturated heterocycles. The molecule has 2 aliphatic heterocycles. The zero-order valence-electron chi connectivity index (χ0n) is 16.8. The third-order valence-corrected chi connectivity index (χ3v) is 5.83. The topological polar surface area (TPSA) is 105 Å². The van der Waals surface area contributed by atoms with E-state index in [-0.39, 0.29) is 24.2 Å². The molecule has 7 heteroatoms. The maximum absolute atomic E-state index is 12.7. The maximum atomic E-state index is 12.7. The molecule has 2 heterocycles. The predicted molar refractivity (Wildman–Crippen MR) is 117 cm³/mol. The Morgan fingerprint density at radius 2 is 1.90 bits per heavy atom. The number of nitrogens with two attached hydrogens (primary N) is 1. The minimum Gasteiger partial charge on any atom is -0.370 e. The normalized spacial score (nSPS) is 17.9. The van der Waals surface area contributed by atoms with E-state index in [4.69, 9.17) is 5.73 Å². The highest BCUT2D eigenvalue weighted by Crippen LogP contribution is 2.31. The van der Waals surface area contributed by atoms with E-state index in [0.29, 0.717) is 24.1 Å². The summed E-state index contributed by atoms with van der Waals surface area (Å²) in [5, 5.41) is 5.86. The highest BCUT2D eigenvalue weighted by atomic mass is 16.2. The van der Waals surface area contributed by atoms with Crippen LogP contribution in [-0.2, 0) is 16.0 Å². The van der Waals surface area contributed by atoms with Crippen LogP contribution in [0.1, 0.15) is 41.6 Å². The number of nitrogens with one attached hydrogen (secondary N) is 2. The first kappa shape index (κ1) is 19.9. The minimum absolute atomic E-state index is 0.0463. The van der Waals surface area contributed by atoms with Gasteiger partial charge in [0.05, 0.1) is 11.4 Å². The van der Waals surface area contributed by atoms with Gasteiger partial charge in [-0.2, -0.15) is 0 Å². The van der Waals surface area contributed by atoms with E-state index >= 15 is 0 Å². The number of para-hydroxylation sites is 1. The quantitative estimate of drug-likeness (QED) is 0.686. The van der Waals surface area contributed by atoms with Crippen LogP contribution < -0.4 is 21.3 Å². The van der Waals surface area contributed by atoms with Crippen LogP contribution in [0.4, 0.5) is 17.1 Å². The van der Waals surface area contributed by atoms with Crippen LogP contribution in [0.15, 0.2) is 42.5 Å². The summed E-state index contributed by atoms with van der Waals surface area (Å²) in [5.74, 6) is -0.990. The molecule has 2 aromatic carbocycles. The average molecular weight is 406 g/mol. The summed E-state index contributed by atoms with van der Waals surface area (Å²) >= 11 is 0. The lowest BCUT2D eigenvalue weighted by atomic mass is 9.89. The van der Waals surface area contributed by atoms with Gasteiger partial charge in [-0.15, -0.1) is 0 Å². The number of benzene rings is 2. The second-order valence-electron chi connectivity index (χ2n) is 7.92. The van der Waals surface area contributed by atoms with Crippen molar-refractivity contribution in [3.63, 3.8) is 0 Å². The van der Waals surface area contributed by atoms with Gasteiger partial charge in [-0.1, -0.05) is 18.2 Å². The van der Waals surface area contributed by atoms with E-state index < -0.39 is 5.91 Å². The lowest BCUT2D eigenvalue weighted by Crippen LogP contribution is -2.30. The summed E-state index contributed by atoms with van der Waals surface area (Å²) in [6.45, 7) is 1.83. The molecule has 0 bridgehead atoms. The molecule has 0 spiro atoms. The third-order valence-electron chi connectivity index (χ3n) is 5.83. The number of hydrogen-bond donors (Lipinski definition) is 3. The fourth-order valence-electron chi connectivity index (χ4n) is 4.19. The Kier molecular flexibility index (Phi) is 5.70. The molecule has 1 atom stereocenters. The van der Waals surface area contributed by atoms with Crippen molar-refractivity contribution in [3.05, 3.63) is 53.6 Å². The Morgan fingerprint density at radius 1 is 1.13 bits per heavy atom. The molecule has 3 amide bonds. The van der Waals surface area contributed by atoms with E-state index in [1.807, 2.05) is 30.3 Å². The summed E-state index contributed by atoms with van der Waals surface area (Å²) < 4.78 is 0. The van der Waals surface area contributed by atoms with Crippen molar-refractivity contribution in [1.29, 1.82) is 0 Å². The van der Waals surface area contributed by atoms with Crippen molar-refractivity contribution >= 4 is 34.8 Å². The summed E-state index contributed by atoms with van der Waals surface area (Å²) in [5.41, 5.74) is 9.21. The summed E-state index contributed by atoms with van der Waals surface area (Å²) in [7, 11) is 0. The van der Waals surface area contributed by atoms with Crippen molar-refractivity contribution in [3.8, 4) is 0 Å². The highest BCUT2D eigenvalue weighted by Gasteiger charge is 2.26. The van der Waals surface area contributed by atoms with Crippen LogP contribution in [0.5, 0.6) is 0 Å². The molecular weight excluding hydrogens is 380 g/mol. The maximum Gasteiger partial charge on any atom is 0.248 e. The van der Waals surface area contributed by atoms with Crippen LogP contribution in [0.2, 0.25) is 0 Å². The average Bonchev–Trinajstić information content (AvgIpc) is 3.26. The molecule has 4 N–H and O–H groups in total. The van der Waals surface area contributed by atoms with Crippen LogP contribution in [0.25, 0.3) is 0 Å². The van der Waals surface area contributed by atoms with Crippen molar-refractivity contribution in [1.82, 2.24) is 0 Å². The van der Waals surface area contributed by atoms with Gasteiger partial charge < -0.3 is 21.3 Å². The molecular formula is C23H26N4O3. The Labute approximate surface area is 175 Å². The lowest BCUT2D eigenvalue weighted by Gasteiger charge is -2.25. The first-order chi connectivity index (χ1) is 14.5. The summed E-state index contributed by atoms with van der Waals surface area (Å²) in [6.07, 6.45) is 3.51. The molecule has 4 rings (SSSR count). The Hall–Kier alpha value is -3.35. The number of rotatable bonds is 6. The predicted octanol–water partition coefficient (Wildman–Crippen LogP) is 2.92. The molecule has 0 aromatic heterocycles. The van der Waals surface area contributed by atoms with Gasteiger partial charge in [0.15, 0.2) is 0 Å². The highest BCUT2D eigenvalue weighted by molar-refractivity contribution is 6.00. The van der Waals surface area contributed by atoms with Crippen molar-refractivity contribution in [2.45, 2.75) is 32.1 Å². The fraction of sp³-hybridized carbons (Fsp3) is 0.348. The van der Waals surface area contributed by atoms with Crippen LogP contribution in [-0.4, -0.2) is 30.8 Å². The molecule has 7 nitrogen and oxygen atoms in total. The number of primary amides is 1. The number of hydrogen-bond acceptors (Lipinski definition) is 4. The molecule has 0 saturated carbocycles. The third kappa shape index (κ3) is 4.30. The molecule has 2 aromatic rings. The number of nitrogens with zero attached hydrogens (tertiary/aromatic N) is 1. The van der Waals surface area contributed by atoms with Crippen LogP contribution in [0.3, 0.4) is 0 Å². The van der Waals surface area contributed by atoms with Gasteiger partial charge in [-0.3, -0.25) is 14.4 Å². The first-order valence-electron chi connectivity index (χ1n) is 10.4. The largest absolute Gasteiger partial charge is 0.370 e. The van der Waals surface area contributed by atoms with Crippen LogP contribution in [0, 0.1) is 5.92 Å². The molecule has 156 valence electrons. The minimum atomic E-state index is -0.531. The van der Waals surface area contributed by atoms with Crippen molar-refractivity contribution < 1.29 is 14.4 Å². The molecule has 0 aliphatic carbocycles. The van der Waals surface area contributed by atoms with E-state index in [9.17, 15) is 14.4 Å². The second kappa shape index (κ2) is 8.57. The van der Waals surface area contributed by atoms with Gasteiger partial charge in [-0.05, 0) is 55.5 Å². The molecule has 30 heavy (non-hydrogen) atoms. The zero-order chi connectivity index (χ0) is 21.1. The van der Waals surface area contributed by atoms with Gasteiger partial charge in [-0.25, -0.2) is 0 Å². The van der Waals surface area contributed by atoms with Gasteiger partial charge in [0.25, 0.3) is 0 Å². The molecule has 2 aliphatic rings. The Bertz CT molecular complexity index is 982. The van der Waals surface area contributed by atoms with E-state index in [0.717, 1.165) is 42.9 Å². The van der Waals surface area contributed by atoms with Crippen LogP contribution >= 0.6 is 0 Å². The Balaban J connectivity index is 1.43. The first-order valence-corrected chi connectivity index (χ1v) is 10.4. The smallest absolute Gasteiger partial charge is 0.248 e. The fourth-order valence-corrected chi connectivity index (χ4v) is 4.19. The van der Waals surface area contributed by atoms with Crippen molar-refractivity contribution in [2.24, 2.45) is 11.7 Å². The monoisotopic (exact) mass is 406 g/mol. The number of anilines is 3. The molecule has 1 fully saturated rings. The van der Waals surface area contributed by atoms with E-state index in [2.05, 4.69) is 15.5 Å². The number of carbonyl (C=O) groups excluding carboxylic acids is 3. The lowest BCUT2D eigenvalue weighted by molar-refractivity contribution is -0.121. The SMILES string of the molecule is NC(=O)c1ccc(N2CCCC2)c(NC(=O)CC[C@H]2Cc3ccccc3NC2=O)c1. The number of amides is 3. The van der Waals surface area contributed by atoms with E-state index in [1.54, 1.807) is 12.1 Å². The summed E-state index contributed by atoms with van der Waals surface area (Å²) in [6, 6.07) is 12.9.